The summed E-state index contributed by atoms with van der Waals surface area (Å²) in [5.41, 5.74) is 1.93. The van der Waals surface area contributed by atoms with Crippen molar-refractivity contribution < 1.29 is 10.2 Å². The Morgan fingerprint density at radius 2 is 1.80 bits per heavy atom. The summed E-state index contributed by atoms with van der Waals surface area (Å²) >= 11 is 0. The lowest BCUT2D eigenvalue weighted by Gasteiger charge is -2.26. The fraction of sp³-hybridized carbons (Fsp3) is 0.667. The van der Waals surface area contributed by atoms with E-state index in [-0.39, 0.29) is 6.10 Å². The topological polar surface area (TPSA) is 40.5 Å². The molecule has 114 valence electrons. The van der Waals surface area contributed by atoms with Crippen LogP contribution in [-0.2, 0) is 12.8 Å². The summed E-state index contributed by atoms with van der Waals surface area (Å²) in [7, 11) is 0. The van der Waals surface area contributed by atoms with Gasteiger partial charge in [0.2, 0.25) is 0 Å². The van der Waals surface area contributed by atoms with E-state index in [1.807, 2.05) is 6.92 Å². The van der Waals surface area contributed by atoms with Crippen molar-refractivity contribution in [2.75, 3.05) is 0 Å². The molecule has 1 rings (SSSR count). The molecule has 1 aromatic carbocycles. The molecule has 0 aliphatic rings. The van der Waals surface area contributed by atoms with Crippen molar-refractivity contribution in [2.45, 2.75) is 77.4 Å². The summed E-state index contributed by atoms with van der Waals surface area (Å²) in [6, 6.07) is 8.41. The molecule has 0 amide bonds. The van der Waals surface area contributed by atoms with Gasteiger partial charge < -0.3 is 10.2 Å². The highest BCUT2D eigenvalue weighted by Gasteiger charge is 2.22. The molecule has 2 atom stereocenters. The van der Waals surface area contributed by atoms with Crippen molar-refractivity contribution >= 4 is 0 Å². The van der Waals surface area contributed by atoms with Crippen LogP contribution in [-0.4, -0.2) is 21.9 Å². The largest absolute Gasteiger partial charge is 0.393 e. The third-order valence-corrected chi connectivity index (χ3v) is 4.19. The first-order valence-electron chi connectivity index (χ1n) is 8.01. The van der Waals surface area contributed by atoms with E-state index in [0.29, 0.717) is 0 Å². The van der Waals surface area contributed by atoms with Gasteiger partial charge in [0.1, 0.15) is 0 Å². The fourth-order valence-electron chi connectivity index (χ4n) is 2.65. The zero-order valence-corrected chi connectivity index (χ0v) is 13.2. The Labute approximate surface area is 123 Å². The average molecular weight is 278 g/mol. The van der Waals surface area contributed by atoms with E-state index < -0.39 is 5.60 Å². The van der Waals surface area contributed by atoms with Gasteiger partial charge in [-0.1, -0.05) is 51.5 Å². The molecule has 0 heterocycles. The Bertz CT molecular complexity index is 389. The third kappa shape index (κ3) is 5.64. The molecule has 0 bridgehead atoms. The van der Waals surface area contributed by atoms with Crippen LogP contribution in [0.4, 0.5) is 0 Å². The lowest BCUT2D eigenvalue weighted by Crippen LogP contribution is -2.28. The molecule has 0 aliphatic carbocycles. The number of hydrogen-bond donors (Lipinski definition) is 2. The van der Waals surface area contributed by atoms with Gasteiger partial charge in [-0.15, -0.1) is 0 Å². The fourth-order valence-corrected chi connectivity index (χ4v) is 2.65. The Kier molecular flexibility index (Phi) is 7.25. The summed E-state index contributed by atoms with van der Waals surface area (Å²) in [6.07, 6.45) is 5.68. The lowest BCUT2D eigenvalue weighted by molar-refractivity contribution is 0.0185. The zero-order valence-electron chi connectivity index (χ0n) is 13.2. The minimum atomic E-state index is -0.520. The smallest absolute Gasteiger partial charge is 0.0648 e. The number of benzene rings is 1. The highest BCUT2D eigenvalue weighted by Crippen LogP contribution is 2.24. The molecule has 0 fully saturated rings. The number of aliphatic hydroxyl groups excluding tert-OH is 1. The first-order chi connectivity index (χ1) is 9.53. The van der Waals surface area contributed by atoms with Crippen molar-refractivity contribution in [3.8, 4) is 0 Å². The number of aryl methyl sites for hydroxylation is 1. The molecule has 2 nitrogen and oxygen atoms in total. The SMILES string of the molecule is CCCC(O)(CC)CCc1cccc(CC(O)CC)c1. The molecule has 0 radical (unpaired) electrons. The summed E-state index contributed by atoms with van der Waals surface area (Å²) in [6.45, 7) is 6.18. The minimum absolute atomic E-state index is 0.252. The van der Waals surface area contributed by atoms with E-state index in [0.717, 1.165) is 44.9 Å². The van der Waals surface area contributed by atoms with E-state index in [2.05, 4.69) is 38.1 Å². The second-order valence-corrected chi connectivity index (χ2v) is 5.91. The molecule has 1 aromatic rings. The van der Waals surface area contributed by atoms with Crippen molar-refractivity contribution in [1.29, 1.82) is 0 Å². The van der Waals surface area contributed by atoms with Crippen molar-refractivity contribution in [3.63, 3.8) is 0 Å². The Hall–Kier alpha value is -0.860. The maximum atomic E-state index is 10.5. The standard InChI is InChI=1S/C18H30O2/c1-4-11-18(20,6-3)12-10-15-8-7-9-16(13-15)14-17(19)5-2/h7-9,13,17,19-20H,4-6,10-12,14H2,1-3H3. The highest BCUT2D eigenvalue weighted by molar-refractivity contribution is 5.24. The zero-order chi connectivity index (χ0) is 15.0. The van der Waals surface area contributed by atoms with Gasteiger partial charge in [-0.2, -0.15) is 0 Å². The molecule has 2 unspecified atom stereocenters. The van der Waals surface area contributed by atoms with Crippen LogP contribution in [0, 0.1) is 0 Å². The molecule has 0 aliphatic heterocycles. The predicted molar refractivity (Wildman–Crippen MR) is 84.9 cm³/mol. The second kappa shape index (κ2) is 8.43. The Morgan fingerprint density at radius 1 is 1.10 bits per heavy atom. The van der Waals surface area contributed by atoms with Crippen LogP contribution in [0.15, 0.2) is 24.3 Å². The highest BCUT2D eigenvalue weighted by atomic mass is 16.3. The molecule has 2 heteroatoms. The molecule has 0 saturated heterocycles. The van der Waals surface area contributed by atoms with Crippen molar-refractivity contribution in [3.05, 3.63) is 35.4 Å². The van der Waals surface area contributed by atoms with Crippen molar-refractivity contribution in [2.24, 2.45) is 0 Å². The van der Waals surface area contributed by atoms with Crippen LogP contribution in [0.2, 0.25) is 0 Å². The van der Waals surface area contributed by atoms with Crippen LogP contribution >= 0.6 is 0 Å². The second-order valence-electron chi connectivity index (χ2n) is 5.91. The van der Waals surface area contributed by atoms with Gasteiger partial charge in [-0.05, 0) is 49.7 Å². The first-order valence-corrected chi connectivity index (χ1v) is 8.01. The molecule has 0 spiro atoms. The summed E-state index contributed by atoms with van der Waals surface area (Å²) in [5.74, 6) is 0. The summed E-state index contributed by atoms with van der Waals surface area (Å²) in [4.78, 5) is 0. The molecule has 2 N–H and O–H groups in total. The van der Waals surface area contributed by atoms with Crippen LogP contribution < -0.4 is 0 Å². The van der Waals surface area contributed by atoms with E-state index in [1.54, 1.807) is 0 Å². The first kappa shape index (κ1) is 17.2. The minimum Gasteiger partial charge on any atom is -0.393 e. The quantitative estimate of drug-likeness (QED) is 0.720. The van der Waals surface area contributed by atoms with Crippen LogP contribution in [0.25, 0.3) is 0 Å². The van der Waals surface area contributed by atoms with Gasteiger partial charge in [-0.25, -0.2) is 0 Å². The van der Waals surface area contributed by atoms with E-state index in [4.69, 9.17) is 0 Å². The predicted octanol–water partition coefficient (Wildman–Crippen LogP) is 3.87. The van der Waals surface area contributed by atoms with Gasteiger partial charge in [-0.3, -0.25) is 0 Å². The van der Waals surface area contributed by atoms with E-state index in [1.165, 1.54) is 11.1 Å². The number of hydrogen-bond acceptors (Lipinski definition) is 2. The van der Waals surface area contributed by atoms with E-state index in [9.17, 15) is 10.2 Å². The van der Waals surface area contributed by atoms with Crippen LogP contribution in [0.5, 0.6) is 0 Å². The maximum absolute atomic E-state index is 10.5. The molecule has 0 aromatic heterocycles. The van der Waals surface area contributed by atoms with Crippen molar-refractivity contribution in [1.82, 2.24) is 0 Å². The van der Waals surface area contributed by atoms with Gasteiger partial charge in [0.05, 0.1) is 11.7 Å². The number of aliphatic hydroxyl groups is 2. The molecular weight excluding hydrogens is 248 g/mol. The molecular formula is C18H30O2. The van der Waals surface area contributed by atoms with Gasteiger partial charge in [0.25, 0.3) is 0 Å². The monoisotopic (exact) mass is 278 g/mol. The number of rotatable bonds is 9. The summed E-state index contributed by atoms with van der Waals surface area (Å²) in [5, 5.41) is 20.2. The maximum Gasteiger partial charge on any atom is 0.0648 e. The normalized spacial score (nSPS) is 15.8. The average Bonchev–Trinajstić information content (AvgIpc) is 2.46. The molecule has 20 heavy (non-hydrogen) atoms. The van der Waals surface area contributed by atoms with Gasteiger partial charge in [0.15, 0.2) is 0 Å². The molecule has 0 saturated carbocycles. The van der Waals surface area contributed by atoms with Gasteiger partial charge in [0, 0.05) is 0 Å². The van der Waals surface area contributed by atoms with Gasteiger partial charge >= 0.3 is 0 Å². The lowest BCUT2D eigenvalue weighted by atomic mass is 9.88. The van der Waals surface area contributed by atoms with Crippen LogP contribution in [0.1, 0.15) is 64.0 Å². The van der Waals surface area contributed by atoms with E-state index >= 15 is 0 Å². The Balaban J connectivity index is 2.61. The summed E-state index contributed by atoms with van der Waals surface area (Å²) < 4.78 is 0. The third-order valence-electron chi connectivity index (χ3n) is 4.19. The van der Waals surface area contributed by atoms with Crippen LogP contribution in [0.3, 0.4) is 0 Å². The Morgan fingerprint density at radius 3 is 2.40 bits per heavy atom.